The Hall–Kier alpha value is -2.75. The highest BCUT2D eigenvalue weighted by molar-refractivity contribution is 7.99. The first-order valence-electron chi connectivity index (χ1n) is 7.81. The van der Waals surface area contributed by atoms with Crippen LogP contribution in [0.4, 0.5) is 5.69 Å². The zero-order chi connectivity index (χ0) is 18.5. The number of aromatic nitrogens is 2. The second-order valence-electron chi connectivity index (χ2n) is 5.42. The molecule has 0 aliphatic carbocycles. The van der Waals surface area contributed by atoms with E-state index in [1.807, 2.05) is 34.9 Å². The van der Waals surface area contributed by atoms with Crippen molar-refractivity contribution in [2.45, 2.75) is 11.7 Å². The molecule has 0 fully saturated rings. The number of nitriles is 1. The van der Waals surface area contributed by atoms with Crippen LogP contribution in [0.1, 0.15) is 5.56 Å². The van der Waals surface area contributed by atoms with Crippen LogP contribution in [-0.4, -0.2) is 21.2 Å². The van der Waals surface area contributed by atoms with Crippen molar-refractivity contribution in [1.29, 1.82) is 5.26 Å². The summed E-state index contributed by atoms with van der Waals surface area (Å²) in [4.78, 5) is 16.9. The molecule has 0 bridgehead atoms. The maximum atomic E-state index is 12.3. The summed E-state index contributed by atoms with van der Waals surface area (Å²) in [5.41, 5.74) is 2.65. The number of nitrogens with zero attached hydrogens (tertiary/aromatic N) is 3. The minimum Gasteiger partial charge on any atom is -0.324 e. The Morgan fingerprint density at radius 1 is 1.38 bits per heavy atom. The van der Waals surface area contributed by atoms with Crippen molar-refractivity contribution in [2.24, 2.45) is 0 Å². The van der Waals surface area contributed by atoms with E-state index in [1.165, 1.54) is 11.8 Å². The molecule has 1 aromatic heterocycles. The van der Waals surface area contributed by atoms with Gasteiger partial charge in [0.05, 0.1) is 28.0 Å². The minimum atomic E-state index is -0.231. The minimum absolute atomic E-state index is 0.165. The summed E-state index contributed by atoms with van der Waals surface area (Å²) in [6, 6.07) is 14.6. The molecule has 3 rings (SSSR count). The Morgan fingerprint density at radius 3 is 2.96 bits per heavy atom. The fourth-order valence-corrected chi connectivity index (χ4v) is 3.50. The van der Waals surface area contributed by atoms with Gasteiger partial charge in [0.15, 0.2) is 5.16 Å². The van der Waals surface area contributed by atoms with Crippen molar-refractivity contribution in [3.8, 4) is 6.07 Å². The van der Waals surface area contributed by atoms with Crippen molar-refractivity contribution < 1.29 is 4.79 Å². The van der Waals surface area contributed by atoms with Crippen LogP contribution in [-0.2, 0) is 11.3 Å². The number of allylic oxidation sites excluding steroid dienone is 1. The van der Waals surface area contributed by atoms with E-state index < -0.39 is 0 Å². The summed E-state index contributed by atoms with van der Waals surface area (Å²) in [7, 11) is 0. The lowest BCUT2D eigenvalue weighted by atomic mass is 10.2. The number of imidazole rings is 1. The van der Waals surface area contributed by atoms with Crippen LogP contribution in [0.5, 0.6) is 0 Å². The molecule has 3 aromatic rings. The Morgan fingerprint density at radius 2 is 2.19 bits per heavy atom. The molecule has 7 heteroatoms. The van der Waals surface area contributed by atoms with E-state index in [-0.39, 0.29) is 11.7 Å². The number of halogens is 1. The van der Waals surface area contributed by atoms with Gasteiger partial charge < -0.3 is 9.88 Å². The van der Waals surface area contributed by atoms with Crippen LogP contribution in [0.15, 0.2) is 60.3 Å². The molecule has 2 aromatic carbocycles. The quantitative estimate of drug-likeness (QED) is 0.504. The van der Waals surface area contributed by atoms with Gasteiger partial charge in [-0.15, -0.1) is 6.58 Å². The lowest BCUT2D eigenvalue weighted by Gasteiger charge is -2.08. The molecule has 0 unspecified atom stereocenters. The van der Waals surface area contributed by atoms with Gasteiger partial charge in [-0.2, -0.15) is 5.26 Å². The molecule has 0 saturated heterocycles. The first kappa shape index (κ1) is 18.1. The van der Waals surface area contributed by atoms with Crippen LogP contribution in [0.2, 0.25) is 5.02 Å². The second kappa shape index (κ2) is 8.09. The summed E-state index contributed by atoms with van der Waals surface area (Å²) in [5, 5.41) is 13.1. The summed E-state index contributed by atoms with van der Waals surface area (Å²) in [6.45, 7) is 4.39. The van der Waals surface area contributed by atoms with E-state index in [1.54, 1.807) is 24.3 Å². The number of amides is 1. The number of carbonyl (C=O) groups is 1. The smallest absolute Gasteiger partial charge is 0.234 e. The van der Waals surface area contributed by atoms with Gasteiger partial charge in [0.2, 0.25) is 5.91 Å². The largest absolute Gasteiger partial charge is 0.324 e. The monoisotopic (exact) mass is 382 g/mol. The highest BCUT2D eigenvalue weighted by atomic mass is 35.5. The molecule has 0 aliphatic heterocycles. The van der Waals surface area contributed by atoms with Crippen LogP contribution in [0.3, 0.4) is 0 Å². The first-order chi connectivity index (χ1) is 12.6. The van der Waals surface area contributed by atoms with Gasteiger partial charge in [-0.3, -0.25) is 4.79 Å². The summed E-state index contributed by atoms with van der Waals surface area (Å²) in [6.07, 6.45) is 1.80. The summed E-state index contributed by atoms with van der Waals surface area (Å²) >= 11 is 7.28. The van der Waals surface area contributed by atoms with Crippen molar-refractivity contribution in [3.05, 3.63) is 65.7 Å². The number of anilines is 1. The first-order valence-corrected chi connectivity index (χ1v) is 9.17. The molecular weight excluding hydrogens is 368 g/mol. The number of para-hydroxylation sites is 2. The predicted molar refractivity (Wildman–Crippen MR) is 105 cm³/mol. The maximum absolute atomic E-state index is 12.3. The molecule has 0 spiro atoms. The topological polar surface area (TPSA) is 70.7 Å². The predicted octanol–water partition coefficient (Wildman–Crippen LogP) is 4.48. The van der Waals surface area contributed by atoms with E-state index in [9.17, 15) is 4.79 Å². The molecule has 1 amide bonds. The maximum Gasteiger partial charge on any atom is 0.234 e. The van der Waals surface area contributed by atoms with Gasteiger partial charge in [0.1, 0.15) is 6.07 Å². The molecule has 0 saturated carbocycles. The molecule has 1 heterocycles. The van der Waals surface area contributed by atoms with Gasteiger partial charge in [0.25, 0.3) is 0 Å². The SMILES string of the molecule is C=CCn1c(SCC(=O)Nc2cc(Cl)ccc2C#N)nc2ccccc21. The zero-order valence-electron chi connectivity index (χ0n) is 13.8. The molecule has 0 aliphatic rings. The van der Waals surface area contributed by atoms with E-state index in [0.29, 0.717) is 22.8 Å². The second-order valence-corrected chi connectivity index (χ2v) is 6.80. The van der Waals surface area contributed by atoms with Crippen LogP contribution in [0, 0.1) is 11.3 Å². The van der Waals surface area contributed by atoms with Crippen molar-refractivity contribution in [1.82, 2.24) is 9.55 Å². The Balaban J connectivity index is 1.75. The van der Waals surface area contributed by atoms with E-state index >= 15 is 0 Å². The molecule has 5 nitrogen and oxygen atoms in total. The number of hydrogen-bond acceptors (Lipinski definition) is 4. The van der Waals surface area contributed by atoms with Gasteiger partial charge in [-0.1, -0.05) is 41.6 Å². The molecular formula is C19H15ClN4OS. The van der Waals surface area contributed by atoms with E-state index in [0.717, 1.165) is 16.2 Å². The third kappa shape index (κ3) is 3.90. The fraction of sp³-hybridized carbons (Fsp3) is 0.105. The van der Waals surface area contributed by atoms with Crippen LogP contribution < -0.4 is 5.32 Å². The van der Waals surface area contributed by atoms with Gasteiger partial charge >= 0.3 is 0 Å². The van der Waals surface area contributed by atoms with E-state index in [2.05, 4.69) is 16.9 Å². The Labute approximate surface area is 160 Å². The highest BCUT2D eigenvalue weighted by Gasteiger charge is 2.13. The number of benzene rings is 2. The van der Waals surface area contributed by atoms with Gasteiger partial charge in [-0.05, 0) is 30.3 Å². The van der Waals surface area contributed by atoms with Crippen LogP contribution >= 0.6 is 23.4 Å². The van der Waals surface area contributed by atoms with Crippen LogP contribution in [0.25, 0.3) is 11.0 Å². The number of thioether (sulfide) groups is 1. The Bertz CT molecular complexity index is 1020. The average molecular weight is 383 g/mol. The third-order valence-corrected chi connectivity index (χ3v) is 4.85. The number of fused-ring (bicyclic) bond motifs is 1. The average Bonchev–Trinajstić information content (AvgIpc) is 2.98. The van der Waals surface area contributed by atoms with E-state index in [4.69, 9.17) is 16.9 Å². The standard InChI is InChI=1S/C19H15ClN4OS/c1-2-9-24-17-6-4-3-5-15(17)23-19(24)26-12-18(25)22-16-10-14(20)8-7-13(16)11-21/h2-8,10H,1,9,12H2,(H,22,25). The summed E-state index contributed by atoms with van der Waals surface area (Å²) in [5.74, 6) is -0.0660. The third-order valence-electron chi connectivity index (χ3n) is 3.64. The number of carbonyl (C=O) groups excluding carboxylic acids is 1. The van der Waals surface area contributed by atoms with Crippen molar-refractivity contribution in [3.63, 3.8) is 0 Å². The number of hydrogen-bond donors (Lipinski definition) is 1. The lowest BCUT2D eigenvalue weighted by molar-refractivity contribution is -0.113. The zero-order valence-corrected chi connectivity index (χ0v) is 15.3. The number of nitrogens with one attached hydrogen (secondary N) is 1. The number of rotatable bonds is 6. The Kier molecular flexibility index (Phi) is 5.61. The highest BCUT2D eigenvalue weighted by Crippen LogP contribution is 2.25. The molecule has 1 N–H and O–H groups in total. The van der Waals surface area contributed by atoms with Gasteiger partial charge in [-0.25, -0.2) is 4.98 Å². The molecule has 0 atom stereocenters. The van der Waals surface area contributed by atoms with Crippen molar-refractivity contribution >= 4 is 46.0 Å². The lowest BCUT2D eigenvalue weighted by Crippen LogP contribution is -2.15. The van der Waals surface area contributed by atoms with Gasteiger partial charge in [0, 0.05) is 11.6 Å². The molecule has 26 heavy (non-hydrogen) atoms. The fourth-order valence-electron chi connectivity index (χ4n) is 2.50. The molecule has 130 valence electrons. The molecule has 0 radical (unpaired) electrons. The summed E-state index contributed by atoms with van der Waals surface area (Å²) < 4.78 is 2.01. The normalized spacial score (nSPS) is 10.5. The van der Waals surface area contributed by atoms with Crippen molar-refractivity contribution in [2.75, 3.05) is 11.1 Å².